The predicted octanol–water partition coefficient (Wildman–Crippen LogP) is 1.50. The summed E-state index contributed by atoms with van der Waals surface area (Å²) in [7, 11) is 0. The standard InChI is InChI=1S/C9H15F3N2OS/c10-9(11,12)16-6-5-13-4-3-8(15)14-7-1-2-7/h7,13H,1-6H2,(H,14,15). The van der Waals surface area contributed by atoms with Crippen LogP contribution in [0.15, 0.2) is 0 Å². The molecule has 0 saturated heterocycles. The number of halogens is 3. The molecular weight excluding hydrogens is 241 g/mol. The van der Waals surface area contributed by atoms with Gasteiger partial charge in [-0.3, -0.25) is 4.79 Å². The maximum Gasteiger partial charge on any atom is 0.441 e. The van der Waals surface area contributed by atoms with Gasteiger partial charge in [-0.25, -0.2) is 0 Å². The molecule has 0 radical (unpaired) electrons. The molecule has 2 N–H and O–H groups in total. The van der Waals surface area contributed by atoms with E-state index in [4.69, 9.17) is 0 Å². The number of carbonyl (C=O) groups is 1. The highest BCUT2D eigenvalue weighted by Crippen LogP contribution is 2.29. The summed E-state index contributed by atoms with van der Waals surface area (Å²) in [6, 6.07) is 0.341. The van der Waals surface area contributed by atoms with E-state index in [1.807, 2.05) is 0 Å². The molecule has 1 amide bonds. The molecule has 1 aliphatic rings. The number of nitrogens with one attached hydrogen (secondary N) is 2. The van der Waals surface area contributed by atoms with Gasteiger partial charge >= 0.3 is 5.51 Å². The van der Waals surface area contributed by atoms with Gasteiger partial charge in [-0.15, -0.1) is 0 Å². The van der Waals surface area contributed by atoms with E-state index in [0.717, 1.165) is 12.8 Å². The Labute approximate surface area is 96.5 Å². The van der Waals surface area contributed by atoms with Gasteiger partial charge in [0.05, 0.1) is 0 Å². The third kappa shape index (κ3) is 7.81. The fraction of sp³-hybridized carbons (Fsp3) is 0.889. The minimum absolute atomic E-state index is 0.0201. The van der Waals surface area contributed by atoms with Crippen LogP contribution in [0.3, 0.4) is 0 Å². The molecule has 3 nitrogen and oxygen atoms in total. The van der Waals surface area contributed by atoms with E-state index in [-0.39, 0.29) is 30.0 Å². The van der Waals surface area contributed by atoms with E-state index < -0.39 is 5.51 Å². The van der Waals surface area contributed by atoms with Crippen LogP contribution in [-0.4, -0.2) is 36.3 Å². The van der Waals surface area contributed by atoms with Crippen molar-refractivity contribution in [1.29, 1.82) is 0 Å². The normalized spacial score (nSPS) is 16.2. The van der Waals surface area contributed by atoms with E-state index in [1.165, 1.54) is 0 Å². The van der Waals surface area contributed by atoms with Crippen LogP contribution in [0.2, 0.25) is 0 Å². The second-order valence-corrected chi connectivity index (χ2v) is 4.80. The monoisotopic (exact) mass is 256 g/mol. The largest absolute Gasteiger partial charge is 0.441 e. The number of thioether (sulfide) groups is 1. The van der Waals surface area contributed by atoms with Gasteiger partial charge in [-0.2, -0.15) is 13.2 Å². The van der Waals surface area contributed by atoms with Crippen molar-refractivity contribution < 1.29 is 18.0 Å². The van der Waals surface area contributed by atoms with Crippen LogP contribution in [0, 0.1) is 0 Å². The zero-order valence-corrected chi connectivity index (χ0v) is 9.59. The lowest BCUT2D eigenvalue weighted by Crippen LogP contribution is -2.30. The quantitative estimate of drug-likeness (QED) is 0.678. The third-order valence-electron chi connectivity index (χ3n) is 2.02. The summed E-state index contributed by atoms with van der Waals surface area (Å²) in [6.07, 6.45) is 2.41. The molecule has 16 heavy (non-hydrogen) atoms. The minimum atomic E-state index is -4.16. The van der Waals surface area contributed by atoms with Crippen LogP contribution in [0.4, 0.5) is 13.2 Å². The van der Waals surface area contributed by atoms with Crippen molar-refractivity contribution >= 4 is 17.7 Å². The lowest BCUT2D eigenvalue weighted by atomic mass is 10.4. The molecule has 0 aromatic heterocycles. The number of rotatable bonds is 7. The number of carbonyl (C=O) groups excluding carboxylic acids is 1. The molecular formula is C9H15F3N2OS. The first-order valence-corrected chi connectivity index (χ1v) is 6.17. The first kappa shape index (κ1) is 13.6. The van der Waals surface area contributed by atoms with Crippen molar-refractivity contribution in [2.24, 2.45) is 0 Å². The van der Waals surface area contributed by atoms with Crippen molar-refractivity contribution in [3.05, 3.63) is 0 Å². The van der Waals surface area contributed by atoms with Gasteiger partial charge in [0.15, 0.2) is 0 Å². The molecule has 7 heteroatoms. The predicted molar refractivity (Wildman–Crippen MR) is 57.2 cm³/mol. The minimum Gasteiger partial charge on any atom is -0.353 e. The molecule has 1 aliphatic carbocycles. The summed E-state index contributed by atoms with van der Waals surface area (Å²) in [6.45, 7) is 0.692. The lowest BCUT2D eigenvalue weighted by molar-refractivity contribution is -0.121. The highest BCUT2D eigenvalue weighted by Gasteiger charge is 2.27. The molecule has 0 aromatic rings. The van der Waals surface area contributed by atoms with Gasteiger partial charge < -0.3 is 10.6 Å². The first-order chi connectivity index (χ1) is 7.47. The summed E-state index contributed by atoms with van der Waals surface area (Å²) in [4.78, 5) is 11.1. The molecule has 0 spiro atoms. The Morgan fingerprint density at radius 1 is 1.31 bits per heavy atom. The Hall–Kier alpha value is -0.430. The average molecular weight is 256 g/mol. The van der Waals surface area contributed by atoms with E-state index in [9.17, 15) is 18.0 Å². The highest BCUT2D eigenvalue weighted by molar-refractivity contribution is 8.00. The average Bonchev–Trinajstić information content (AvgIpc) is 2.93. The van der Waals surface area contributed by atoms with Gasteiger partial charge in [-0.05, 0) is 24.6 Å². The van der Waals surface area contributed by atoms with Gasteiger partial charge in [0.1, 0.15) is 0 Å². The Balaban J connectivity index is 1.85. The van der Waals surface area contributed by atoms with Crippen molar-refractivity contribution in [2.45, 2.75) is 30.8 Å². The summed E-state index contributed by atoms with van der Waals surface area (Å²) >= 11 is -0.0500. The number of hydrogen-bond donors (Lipinski definition) is 2. The molecule has 1 rings (SSSR count). The molecule has 94 valence electrons. The Bertz CT molecular complexity index is 231. The SMILES string of the molecule is O=C(CCNCCSC(F)(F)F)NC1CC1. The van der Waals surface area contributed by atoms with Crippen LogP contribution in [0.1, 0.15) is 19.3 Å². The van der Waals surface area contributed by atoms with Crippen molar-refractivity contribution in [3.8, 4) is 0 Å². The number of alkyl halides is 3. The molecule has 0 aromatic carbocycles. The molecule has 0 aliphatic heterocycles. The zero-order chi connectivity index (χ0) is 12.0. The van der Waals surface area contributed by atoms with Crippen LogP contribution in [0.25, 0.3) is 0 Å². The Morgan fingerprint density at radius 3 is 2.56 bits per heavy atom. The molecule has 1 fully saturated rings. The second kappa shape index (κ2) is 6.34. The number of amides is 1. The fourth-order valence-electron chi connectivity index (χ4n) is 1.09. The molecule has 0 unspecified atom stereocenters. The van der Waals surface area contributed by atoms with E-state index >= 15 is 0 Å². The van der Waals surface area contributed by atoms with Gasteiger partial charge in [0.25, 0.3) is 0 Å². The van der Waals surface area contributed by atoms with Gasteiger partial charge in [-0.1, -0.05) is 0 Å². The van der Waals surface area contributed by atoms with Crippen molar-refractivity contribution in [3.63, 3.8) is 0 Å². The highest BCUT2D eigenvalue weighted by atomic mass is 32.2. The molecule has 0 heterocycles. The van der Waals surface area contributed by atoms with Crippen molar-refractivity contribution in [2.75, 3.05) is 18.8 Å². The molecule has 0 bridgehead atoms. The Kier molecular flexibility index (Phi) is 5.40. The maximum atomic E-state index is 11.7. The van der Waals surface area contributed by atoms with E-state index in [1.54, 1.807) is 0 Å². The van der Waals surface area contributed by atoms with Crippen molar-refractivity contribution in [1.82, 2.24) is 10.6 Å². The summed E-state index contributed by atoms with van der Waals surface area (Å²) < 4.78 is 35.1. The number of hydrogen-bond acceptors (Lipinski definition) is 3. The first-order valence-electron chi connectivity index (χ1n) is 5.18. The van der Waals surface area contributed by atoms with E-state index in [0.29, 0.717) is 19.0 Å². The maximum absolute atomic E-state index is 11.7. The van der Waals surface area contributed by atoms with Crippen LogP contribution in [0.5, 0.6) is 0 Å². The van der Waals surface area contributed by atoms with Crippen LogP contribution in [-0.2, 0) is 4.79 Å². The molecule has 0 atom stereocenters. The van der Waals surface area contributed by atoms with Crippen LogP contribution < -0.4 is 10.6 Å². The summed E-state index contributed by atoms with van der Waals surface area (Å²) in [5.41, 5.74) is -4.16. The second-order valence-electron chi connectivity index (χ2n) is 3.64. The topological polar surface area (TPSA) is 41.1 Å². The van der Waals surface area contributed by atoms with Crippen LogP contribution >= 0.6 is 11.8 Å². The Morgan fingerprint density at radius 2 is 2.00 bits per heavy atom. The lowest BCUT2D eigenvalue weighted by Gasteiger charge is -2.07. The fourth-order valence-corrected chi connectivity index (χ4v) is 1.57. The zero-order valence-electron chi connectivity index (χ0n) is 8.77. The van der Waals surface area contributed by atoms with Gasteiger partial charge in [0.2, 0.25) is 5.91 Å². The summed E-state index contributed by atoms with van der Waals surface area (Å²) in [5.74, 6) is -0.0493. The van der Waals surface area contributed by atoms with E-state index in [2.05, 4.69) is 10.6 Å². The molecule has 1 saturated carbocycles. The summed E-state index contributed by atoms with van der Waals surface area (Å²) in [5, 5.41) is 5.61. The van der Waals surface area contributed by atoms with Gasteiger partial charge in [0, 0.05) is 31.3 Å². The smallest absolute Gasteiger partial charge is 0.353 e. The third-order valence-corrected chi connectivity index (χ3v) is 2.75.